The van der Waals surface area contributed by atoms with Gasteiger partial charge in [-0.1, -0.05) is 18.2 Å². The summed E-state index contributed by atoms with van der Waals surface area (Å²) >= 11 is 0. The molecular formula is C14H17F2N3O. The van der Waals surface area contributed by atoms with Crippen molar-refractivity contribution >= 4 is 0 Å². The second-order valence-electron chi connectivity index (χ2n) is 4.41. The fraction of sp³-hybridized carbons (Fsp3) is 0.357. The number of benzene rings is 1. The van der Waals surface area contributed by atoms with Crippen molar-refractivity contribution in [2.24, 2.45) is 0 Å². The Labute approximate surface area is 116 Å². The van der Waals surface area contributed by atoms with Crippen LogP contribution in [0.25, 0.3) is 0 Å². The first-order valence-corrected chi connectivity index (χ1v) is 6.29. The third kappa shape index (κ3) is 3.14. The van der Waals surface area contributed by atoms with Gasteiger partial charge >= 0.3 is 6.55 Å². The molecule has 0 atom stereocenters. The van der Waals surface area contributed by atoms with Crippen LogP contribution in [0.3, 0.4) is 0 Å². The number of imidazole rings is 1. The number of alkyl halides is 2. The van der Waals surface area contributed by atoms with Gasteiger partial charge in [0.1, 0.15) is 12.4 Å². The molecule has 0 aliphatic heterocycles. The zero-order valence-corrected chi connectivity index (χ0v) is 11.4. The highest BCUT2D eigenvalue weighted by molar-refractivity contribution is 5.40. The minimum Gasteiger partial charge on any atom is -0.485 e. The van der Waals surface area contributed by atoms with Crippen LogP contribution in [-0.4, -0.2) is 16.6 Å². The number of nitrogens with one attached hydrogen (secondary N) is 1. The van der Waals surface area contributed by atoms with Crippen molar-refractivity contribution < 1.29 is 13.5 Å². The Morgan fingerprint density at radius 2 is 2.20 bits per heavy atom. The molecule has 0 unspecified atom stereocenters. The third-order valence-electron chi connectivity index (χ3n) is 2.97. The van der Waals surface area contributed by atoms with Crippen LogP contribution in [-0.2, 0) is 13.2 Å². The molecule has 1 N–H and O–H groups in total. The molecular weight excluding hydrogens is 264 g/mol. The van der Waals surface area contributed by atoms with Crippen LogP contribution in [0.1, 0.15) is 23.5 Å². The zero-order chi connectivity index (χ0) is 14.5. The van der Waals surface area contributed by atoms with E-state index in [0.29, 0.717) is 12.3 Å². The molecule has 0 saturated carbocycles. The Kier molecular flexibility index (Phi) is 4.68. The molecule has 2 rings (SSSR count). The molecule has 4 nitrogen and oxygen atoms in total. The standard InChI is InChI=1S/C14H17F2N3O/c1-10-4-3-5-11(8-17-2)13(10)20-9-12-18-6-7-19(12)14(15)16/h3-7,14,17H,8-9H2,1-2H3. The number of para-hydroxylation sites is 1. The summed E-state index contributed by atoms with van der Waals surface area (Å²) in [6.45, 7) is -0.0161. The van der Waals surface area contributed by atoms with Gasteiger partial charge in [-0.05, 0) is 19.5 Å². The van der Waals surface area contributed by atoms with Gasteiger partial charge in [0.25, 0.3) is 0 Å². The number of nitrogens with zero attached hydrogens (tertiary/aromatic N) is 2. The van der Waals surface area contributed by atoms with Gasteiger partial charge in [-0.3, -0.25) is 4.57 Å². The van der Waals surface area contributed by atoms with Gasteiger partial charge in [-0.2, -0.15) is 8.78 Å². The maximum Gasteiger partial charge on any atom is 0.320 e. The molecule has 0 spiro atoms. The number of aromatic nitrogens is 2. The van der Waals surface area contributed by atoms with Gasteiger partial charge in [-0.15, -0.1) is 0 Å². The number of aryl methyl sites for hydroxylation is 1. The SMILES string of the molecule is CNCc1cccc(C)c1OCc1nccn1C(F)F. The van der Waals surface area contributed by atoms with Crippen molar-refractivity contribution in [1.29, 1.82) is 0 Å². The summed E-state index contributed by atoms with van der Waals surface area (Å²) < 4.78 is 31.9. The highest BCUT2D eigenvalue weighted by Crippen LogP contribution is 2.24. The number of rotatable bonds is 6. The summed E-state index contributed by atoms with van der Waals surface area (Å²) in [6, 6.07) is 5.81. The van der Waals surface area contributed by atoms with E-state index in [2.05, 4.69) is 10.3 Å². The van der Waals surface area contributed by atoms with Gasteiger partial charge < -0.3 is 10.1 Å². The van der Waals surface area contributed by atoms with Gasteiger partial charge in [-0.25, -0.2) is 4.98 Å². The lowest BCUT2D eigenvalue weighted by Gasteiger charge is -2.14. The molecule has 108 valence electrons. The molecule has 0 aliphatic rings. The average molecular weight is 281 g/mol. The van der Waals surface area contributed by atoms with Crippen LogP contribution in [0.15, 0.2) is 30.6 Å². The first-order valence-electron chi connectivity index (χ1n) is 6.29. The molecule has 0 fully saturated rings. The van der Waals surface area contributed by atoms with Crippen LogP contribution in [0.5, 0.6) is 5.75 Å². The van der Waals surface area contributed by atoms with Crippen LogP contribution in [0, 0.1) is 6.92 Å². The van der Waals surface area contributed by atoms with Gasteiger partial charge in [0.05, 0.1) is 0 Å². The Bertz CT molecular complexity index is 569. The fourth-order valence-corrected chi connectivity index (χ4v) is 2.02. The van der Waals surface area contributed by atoms with Crippen molar-refractivity contribution in [3.8, 4) is 5.75 Å². The van der Waals surface area contributed by atoms with E-state index < -0.39 is 6.55 Å². The molecule has 0 amide bonds. The van der Waals surface area contributed by atoms with Crippen LogP contribution >= 0.6 is 0 Å². The summed E-state index contributed by atoms with van der Waals surface area (Å²) in [4.78, 5) is 3.90. The monoisotopic (exact) mass is 281 g/mol. The first kappa shape index (κ1) is 14.5. The normalized spacial score (nSPS) is 11.1. The van der Waals surface area contributed by atoms with Crippen molar-refractivity contribution in [3.05, 3.63) is 47.5 Å². The predicted octanol–water partition coefficient (Wildman–Crippen LogP) is 2.89. The lowest BCUT2D eigenvalue weighted by molar-refractivity contribution is 0.0632. The van der Waals surface area contributed by atoms with E-state index in [9.17, 15) is 8.78 Å². The summed E-state index contributed by atoms with van der Waals surface area (Å²) in [5.74, 6) is 0.921. The summed E-state index contributed by atoms with van der Waals surface area (Å²) in [7, 11) is 1.84. The second kappa shape index (κ2) is 6.47. The van der Waals surface area contributed by atoms with Gasteiger partial charge in [0.15, 0.2) is 5.82 Å². The summed E-state index contributed by atoms with van der Waals surface area (Å²) in [5.41, 5.74) is 1.95. The molecule has 6 heteroatoms. The Hall–Kier alpha value is -1.95. The lowest BCUT2D eigenvalue weighted by Crippen LogP contribution is -2.11. The zero-order valence-electron chi connectivity index (χ0n) is 11.4. The minimum absolute atomic E-state index is 0.0128. The smallest absolute Gasteiger partial charge is 0.320 e. The second-order valence-corrected chi connectivity index (χ2v) is 4.41. The van der Waals surface area contributed by atoms with E-state index >= 15 is 0 Å². The van der Waals surface area contributed by atoms with E-state index in [0.717, 1.165) is 15.7 Å². The maximum atomic E-state index is 12.7. The van der Waals surface area contributed by atoms with E-state index in [1.165, 1.54) is 12.4 Å². The number of ether oxygens (including phenoxy) is 1. The number of hydrogen-bond acceptors (Lipinski definition) is 3. The largest absolute Gasteiger partial charge is 0.485 e. The molecule has 0 bridgehead atoms. The summed E-state index contributed by atoms with van der Waals surface area (Å²) in [5, 5.41) is 3.05. The van der Waals surface area contributed by atoms with Crippen molar-refractivity contribution in [3.63, 3.8) is 0 Å². The van der Waals surface area contributed by atoms with Crippen LogP contribution < -0.4 is 10.1 Å². The number of halogens is 2. The maximum absolute atomic E-state index is 12.7. The molecule has 0 saturated heterocycles. The molecule has 1 aromatic heterocycles. The average Bonchev–Trinajstić information content (AvgIpc) is 2.87. The predicted molar refractivity (Wildman–Crippen MR) is 71.8 cm³/mol. The topological polar surface area (TPSA) is 39.1 Å². The molecule has 0 aliphatic carbocycles. The molecule has 20 heavy (non-hydrogen) atoms. The quantitative estimate of drug-likeness (QED) is 0.885. The van der Waals surface area contributed by atoms with E-state index in [-0.39, 0.29) is 12.4 Å². The molecule has 1 heterocycles. The van der Waals surface area contributed by atoms with Gasteiger partial charge in [0, 0.05) is 24.5 Å². The van der Waals surface area contributed by atoms with Crippen molar-refractivity contribution in [2.75, 3.05) is 7.05 Å². The first-order chi connectivity index (χ1) is 9.63. The van der Waals surface area contributed by atoms with Gasteiger partial charge in [0.2, 0.25) is 0 Å². The molecule has 1 aromatic carbocycles. The van der Waals surface area contributed by atoms with E-state index in [4.69, 9.17) is 4.74 Å². The van der Waals surface area contributed by atoms with Crippen molar-refractivity contribution in [2.45, 2.75) is 26.6 Å². The van der Waals surface area contributed by atoms with Crippen LogP contribution in [0.4, 0.5) is 8.78 Å². The highest BCUT2D eigenvalue weighted by Gasteiger charge is 2.13. The Balaban J connectivity index is 2.16. The summed E-state index contributed by atoms with van der Waals surface area (Å²) in [6.07, 6.45) is 2.59. The van der Waals surface area contributed by atoms with E-state index in [1.807, 2.05) is 32.2 Å². The van der Waals surface area contributed by atoms with Crippen molar-refractivity contribution in [1.82, 2.24) is 14.9 Å². The van der Waals surface area contributed by atoms with E-state index in [1.54, 1.807) is 0 Å². The Morgan fingerprint density at radius 1 is 1.40 bits per heavy atom. The third-order valence-corrected chi connectivity index (χ3v) is 2.97. The molecule has 0 radical (unpaired) electrons. The highest BCUT2D eigenvalue weighted by atomic mass is 19.3. The number of hydrogen-bond donors (Lipinski definition) is 1. The van der Waals surface area contributed by atoms with Crippen LogP contribution in [0.2, 0.25) is 0 Å². The molecule has 2 aromatic rings. The Morgan fingerprint density at radius 3 is 2.90 bits per heavy atom. The lowest BCUT2D eigenvalue weighted by atomic mass is 10.1. The fourth-order valence-electron chi connectivity index (χ4n) is 2.02. The minimum atomic E-state index is -2.61.